The standard InChI is InChI=1S/C49H88N2O5/c1-3-5-7-9-11-13-14-15-16-17-18-19-20-21-22-23-24-25-27-33-37-43-48(53)56-45(39-34-30-26-12-10-8-6-4-2)40-35-31-28-29-32-36-42-47(52)51-46(49(54)55)41-38-44-50/h6,8,12,17-18,26,34,39,45-46H,3-5,7,9-11,13-16,19-25,27-33,35-38,40-44,50H2,1-2H3,(H,51,52)(H,54,55)/b8-6-,18-17-,26-12-,39-34-. The fraction of sp³-hybridized carbons (Fsp3) is 0.776. The molecule has 0 saturated carbocycles. The van der Waals surface area contributed by atoms with Crippen LogP contribution in [0.15, 0.2) is 48.6 Å². The van der Waals surface area contributed by atoms with Crippen LogP contribution in [0.2, 0.25) is 0 Å². The smallest absolute Gasteiger partial charge is 0.326 e. The van der Waals surface area contributed by atoms with Gasteiger partial charge in [0.05, 0.1) is 0 Å². The first kappa shape index (κ1) is 53.3. The summed E-state index contributed by atoms with van der Waals surface area (Å²) in [5.41, 5.74) is 5.48. The van der Waals surface area contributed by atoms with E-state index in [-0.39, 0.29) is 18.0 Å². The molecular formula is C49H88N2O5. The van der Waals surface area contributed by atoms with E-state index < -0.39 is 12.0 Å². The molecule has 7 nitrogen and oxygen atoms in total. The van der Waals surface area contributed by atoms with Gasteiger partial charge in [-0.2, -0.15) is 0 Å². The molecule has 0 aliphatic heterocycles. The van der Waals surface area contributed by atoms with Crippen LogP contribution in [0.25, 0.3) is 0 Å². The van der Waals surface area contributed by atoms with Gasteiger partial charge in [0.1, 0.15) is 12.1 Å². The SMILES string of the molecule is CC/C=C\C/C=C\C/C=C\C(CCCCCCCCC(=O)NC(CCCN)C(=O)O)OC(=O)CCCCCCCCCCC/C=C\CCCCCCCCCC. The van der Waals surface area contributed by atoms with E-state index in [4.69, 9.17) is 10.5 Å². The number of carbonyl (C=O) groups is 3. The summed E-state index contributed by atoms with van der Waals surface area (Å²) in [5.74, 6) is -1.30. The van der Waals surface area contributed by atoms with Crippen molar-refractivity contribution in [1.82, 2.24) is 5.32 Å². The molecule has 56 heavy (non-hydrogen) atoms. The number of hydrogen-bond acceptors (Lipinski definition) is 5. The maximum absolute atomic E-state index is 12.8. The lowest BCUT2D eigenvalue weighted by atomic mass is 10.0. The second-order valence-corrected chi connectivity index (χ2v) is 15.8. The molecule has 0 aliphatic rings. The molecular weight excluding hydrogens is 697 g/mol. The van der Waals surface area contributed by atoms with Gasteiger partial charge in [0.2, 0.25) is 5.91 Å². The summed E-state index contributed by atoms with van der Waals surface area (Å²) in [6.07, 6.45) is 53.4. The zero-order valence-electron chi connectivity index (χ0n) is 36.5. The second kappa shape index (κ2) is 43.5. The van der Waals surface area contributed by atoms with Crippen molar-refractivity contribution in [3.05, 3.63) is 48.6 Å². The molecule has 0 spiro atoms. The van der Waals surface area contributed by atoms with Crippen LogP contribution in [0.4, 0.5) is 0 Å². The van der Waals surface area contributed by atoms with Gasteiger partial charge < -0.3 is 20.9 Å². The maximum atomic E-state index is 12.8. The van der Waals surface area contributed by atoms with Crippen molar-refractivity contribution in [3.63, 3.8) is 0 Å². The van der Waals surface area contributed by atoms with Crippen molar-refractivity contribution in [3.8, 4) is 0 Å². The summed E-state index contributed by atoms with van der Waals surface area (Å²) in [6.45, 7) is 4.83. The Labute approximate surface area is 345 Å². The van der Waals surface area contributed by atoms with Crippen LogP contribution in [-0.4, -0.2) is 41.6 Å². The van der Waals surface area contributed by atoms with E-state index >= 15 is 0 Å². The normalized spacial score (nSPS) is 13.1. The molecule has 0 rings (SSSR count). The predicted octanol–water partition coefficient (Wildman–Crippen LogP) is 13.6. The molecule has 0 aromatic carbocycles. The van der Waals surface area contributed by atoms with E-state index in [2.05, 4.69) is 67.8 Å². The number of nitrogens with one attached hydrogen (secondary N) is 1. The molecule has 0 bridgehead atoms. The number of hydrogen-bond donors (Lipinski definition) is 3. The van der Waals surface area contributed by atoms with Crippen LogP contribution < -0.4 is 11.1 Å². The molecule has 4 N–H and O–H groups in total. The minimum absolute atomic E-state index is 0.0850. The number of ether oxygens (including phenoxy) is 1. The number of aliphatic carboxylic acids is 1. The molecule has 2 unspecified atom stereocenters. The summed E-state index contributed by atoms with van der Waals surface area (Å²) in [5, 5.41) is 11.9. The Morgan fingerprint density at radius 3 is 1.57 bits per heavy atom. The third-order valence-corrected chi connectivity index (χ3v) is 10.4. The number of esters is 1. The number of carboxylic acid groups (broad SMARTS) is 1. The Morgan fingerprint density at radius 1 is 0.554 bits per heavy atom. The second-order valence-electron chi connectivity index (χ2n) is 15.8. The fourth-order valence-corrected chi connectivity index (χ4v) is 6.85. The lowest BCUT2D eigenvalue weighted by Crippen LogP contribution is -2.40. The highest BCUT2D eigenvalue weighted by molar-refractivity contribution is 5.83. The van der Waals surface area contributed by atoms with Gasteiger partial charge in [-0.3, -0.25) is 9.59 Å². The lowest BCUT2D eigenvalue weighted by Gasteiger charge is -2.15. The van der Waals surface area contributed by atoms with Gasteiger partial charge in [-0.15, -0.1) is 0 Å². The highest BCUT2D eigenvalue weighted by atomic mass is 16.5. The highest BCUT2D eigenvalue weighted by Gasteiger charge is 2.18. The van der Waals surface area contributed by atoms with Gasteiger partial charge in [-0.25, -0.2) is 4.79 Å². The van der Waals surface area contributed by atoms with Gasteiger partial charge in [-0.05, 0) is 96.1 Å². The van der Waals surface area contributed by atoms with Gasteiger partial charge in [-0.1, -0.05) is 172 Å². The molecule has 2 atom stereocenters. The summed E-state index contributed by atoms with van der Waals surface area (Å²) in [6, 6.07) is -0.858. The largest absolute Gasteiger partial charge is 0.480 e. The van der Waals surface area contributed by atoms with Crippen LogP contribution in [-0.2, 0) is 19.1 Å². The molecule has 0 aromatic heterocycles. The van der Waals surface area contributed by atoms with Crippen molar-refractivity contribution >= 4 is 17.8 Å². The molecule has 7 heteroatoms. The van der Waals surface area contributed by atoms with Crippen molar-refractivity contribution < 1.29 is 24.2 Å². The number of unbranched alkanes of at least 4 members (excludes halogenated alkanes) is 22. The van der Waals surface area contributed by atoms with Crippen LogP contribution in [0, 0.1) is 0 Å². The minimum Gasteiger partial charge on any atom is -0.480 e. The quantitative estimate of drug-likeness (QED) is 0.0322. The van der Waals surface area contributed by atoms with Crippen molar-refractivity contribution in [2.75, 3.05) is 6.54 Å². The van der Waals surface area contributed by atoms with E-state index in [9.17, 15) is 19.5 Å². The first-order chi connectivity index (χ1) is 27.4. The Hall–Kier alpha value is -2.67. The number of amides is 1. The molecule has 1 amide bonds. The van der Waals surface area contributed by atoms with E-state index in [0.717, 1.165) is 77.0 Å². The molecule has 0 fully saturated rings. The minimum atomic E-state index is -1.01. The zero-order chi connectivity index (χ0) is 41.0. The summed E-state index contributed by atoms with van der Waals surface area (Å²) in [4.78, 5) is 36.3. The molecule has 0 aromatic rings. The summed E-state index contributed by atoms with van der Waals surface area (Å²) < 4.78 is 5.94. The zero-order valence-corrected chi connectivity index (χ0v) is 36.5. The number of nitrogens with two attached hydrogens (primary N) is 1. The van der Waals surface area contributed by atoms with Gasteiger partial charge in [0.15, 0.2) is 0 Å². The monoisotopic (exact) mass is 785 g/mol. The Balaban J connectivity index is 4.15. The summed E-state index contributed by atoms with van der Waals surface area (Å²) >= 11 is 0. The van der Waals surface area contributed by atoms with Crippen molar-refractivity contribution in [1.29, 1.82) is 0 Å². The van der Waals surface area contributed by atoms with Gasteiger partial charge in [0.25, 0.3) is 0 Å². The Morgan fingerprint density at radius 2 is 1.04 bits per heavy atom. The third-order valence-electron chi connectivity index (χ3n) is 10.4. The molecule has 0 saturated heterocycles. The molecule has 0 aliphatic carbocycles. The number of carbonyl (C=O) groups excluding carboxylic acids is 2. The average molecular weight is 785 g/mol. The van der Waals surface area contributed by atoms with E-state index in [0.29, 0.717) is 32.2 Å². The van der Waals surface area contributed by atoms with Gasteiger partial charge in [0, 0.05) is 12.8 Å². The van der Waals surface area contributed by atoms with Crippen LogP contribution in [0.5, 0.6) is 0 Å². The Bertz CT molecular complexity index is 1020. The third kappa shape index (κ3) is 39.6. The molecule has 0 radical (unpaired) electrons. The van der Waals surface area contributed by atoms with E-state index in [1.807, 2.05) is 0 Å². The molecule has 324 valence electrons. The van der Waals surface area contributed by atoms with E-state index in [1.54, 1.807) is 0 Å². The van der Waals surface area contributed by atoms with Crippen LogP contribution in [0.3, 0.4) is 0 Å². The first-order valence-electron chi connectivity index (χ1n) is 23.5. The highest BCUT2D eigenvalue weighted by Crippen LogP contribution is 2.16. The number of rotatable bonds is 42. The maximum Gasteiger partial charge on any atom is 0.326 e. The topological polar surface area (TPSA) is 119 Å². The van der Waals surface area contributed by atoms with Gasteiger partial charge >= 0.3 is 11.9 Å². The fourth-order valence-electron chi connectivity index (χ4n) is 6.85. The summed E-state index contributed by atoms with van der Waals surface area (Å²) in [7, 11) is 0. The first-order valence-corrected chi connectivity index (χ1v) is 23.5. The predicted molar refractivity (Wildman–Crippen MR) is 239 cm³/mol. The number of allylic oxidation sites excluding steroid dienone is 7. The lowest BCUT2D eigenvalue weighted by molar-refractivity contribution is -0.147. The van der Waals surface area contributed by atoms with Crippen LogP contribution in [0.1, 0.15) is 226 Å². The Kier molecular flexibility index (Phi) is 41.4. The van der Waals surface area contributed by atoms with E-state index in [1.165, 1.54) is 109 Å². The average Bonchev–Trinajstić information content (AvgIpc) is 3.18. The number of carboxylic acids is 1. The van der Waals surface area contributed by atoms with Crippen molar-refractivity contribution in [2.45, 2.75) is 238 Å². The van der Waals surface area contributed by atoms with Crippen LogP contribution >= 0.6 is 0 Å². The molecule has 0 heterocycles. The van der Waals surface area contributed by atoms with Crippen molar-refractivity contribution in [2.24, 2.45) is 5.73 Å².